The highest BCUT2D eigenvalue weighted by atomic mass is 32.1. The van der Waals surface area contributed by atoms with Crippen LogP contribution in [0.25, 0.3) is 11.0 Å². The molecule has 1 N–H and O–H groups in total. The van der Waals surface area contributed by atoms with Crippen LogP contribution in [0.3, 0.4) is 0 Å². The van der Waals surface area contributed by atoms with Crippen LogP contribution in [0.4, 0.5) is 11.1 Å². The van der Waals surface area contributed by atoms with Crippen molar-refractivity contribution in [2.75, 3.05) is 36.0 Å². The van der Waals surface area contributed by atoms with Crippen LogP contribution in [0.2, 0.25) is 0 Å². The summed E-state index contributed by atoms with van der Waals surface area (Å²) in [6.45, 7) is 13.6. The van der Waals surface area contributed by atoms with Gasteiger partial charge in [0.05, 0.1) is 17.4 Å². The highest BCUT2D eigenvalue weighted by Gasteiger charge is 2.24. The predicted molar refractivity (Wildman–Crippen MR) is 109 cm³/mol. The average molecular weight is 388 g/mol. The Hall–Kier alpha value is -2.42. The fraction of sp³-hybridized carbons (Fsp3) is 0.556. The van der Waals surface area contributed by atoms with Gasteiger partial charge in [0, 0.05) is 31.1 Å². The second-order valence-electron chi connectivity index (χ2n) is 7.97. The maximum absolute atomic E-state index is 12.5. The Bertz CT molecular complexity index is 1010. The van der Waals surface area contributed by atoms with Crippen molar-refractivity contribution in [3.63, 3.8) is 0 Å². The van der Waals surface area contributed by atoms with Crippen LogP contribution in [0.1, 0.15) is 31.3 Å². The van der Waals surface area contributed by atoms with Crippen molar-refractivity contribution >= 4 is 33.5 Å². The molecule has 144 valence electrons. The van der Waals surface area contributed by atoms with Crippen LogP contribution in [-0.4, -0.2) is 50.9 Å². The number of H-pyrrole nitrogens is 1. The molecule has 4 rings (SSSR count). The van der Waals surface area contributed by atoms with Crippen LogP contribution in [0.15, 0.2) is 11.0 Å². The molecule has 3 aromatic heterocycles. The van der Waals surface area contributed by atoms with Gasteiger partial charge in [-0.2, -0.15) is 10.1 Å². The topological polar surface area (TPSA) is 82.9 Å². The number of fused-ring (bicyclic) bond motifs is 1. The van der Waals surface area contributed by atoms with Gasteiger partial charge in [0.2, 0.25) is 5.95 Å². The highest BCUT2D eigenvalue weighted by Crippen LogP contribution is 2.27. The zero-order valence-corrected chi connectivity index (χ0v) is 17.2. The Morgan fingerprint density at radius 2 is 1.74 bits per heavy atom. The number of hydrogen-bond acceptors (Lipinski definition) is 7. The summed E-state index contributed by atoms with van der Waals surface area (Å²) in [5.41, 5.74) is 1.36. The monoisotopic (exact) mass is 387 g/mol. The van der Waals surface area contributed by atoms with Gasteiger partial charge in [-0.25, -0.2) is 9.67 Å². The zero-order valence-electron chi connectivity index (χ0n) is 16.4. The molecule has 3 aromatic rings. The van der Waals surface area contributed by atoms with Crippen LogP contribution in [0, 0.1) is 13.8 Å². The molecule has 0 spiro atoms. The summed E-state index contributed by atoms with van der Waals surface area (Å²) in [4.78, 5) is 30.5. The lowest BCUT2D eigenvalue weighted by Crippen LogP contribution is -2.47. The van der Waals surface area contributed by atoms with E-state index in [1.54, 1.807) is 17.5 Å². The van der Waals surface area contributed by atoms with Crippen molar-refractivity contribution in [2.24, 2.45) is 0 Å². The number of thiazole rings is 1. The molecule has 1 fully saturated rings. The standard InChI is InChI=1S/C18H25N7OS/c1-11-12(2)27-17(20-11)24-8-6-23(7-9-24)16-21-14-13(15(26)22-16)10-19-25(14)18(3,4)5/h10H,6-9H2,1-5H3,(H,21,22,26). The minimum Gasteiger partial charge on any atom is -0.345 e. The van der Waals surface area contributed by atoms with E-state index in [1.807, 2.05) is 11.6 Å². The molecule has 8 nitrogen and oxygen atoms in total. The van der Waals surface area contributed by atoms with Crippen molar-refractivity contribution < 1.29 is 0 Å². The average Bonchev–Trinajstić information content (AvgIpc) is 3.19. The minimum atomic E-state index is -0.237. The minimum absolute atomic E-state index is 0.140. The number of anilines is 2. The lowest BCUT2D eigenvalue weighted by molar-refractivity contribution is 0.366. The molecule has 0 unspecified atom stereocenters. The van der Waals surface area contributed by atoms with Gasteiger partial charge in [-0.05, 0) is 34.6 Å². The number of nitrogens with zero attached hydrogens (tertiary/aromatic N) is 6. The van der Waals surface area contributed by atoms with Gasteiger partial charge in [-0.1, -0.05) is 0 Å². The molecule has 0 bridgehead atoms. The van der Waals surface area contributed by atoms with Gasteiger partial charge in [0.25, 0.3) is 5.56 Å². The van der Waals surface area contributed by atoms with Crippen molar-refractivity contribution in [1.82, 2.24) is 24.7 Å². The van der Waals surface area contributed by atoms with Gasteiger partial charge < -0.3 is 9.80 Å². The summed E-state index contributed by atoms with van der Waals surface area (Å²) in [5, 5.41) is 5.98. The smallest absolute Gasteiger partial charge is 0.263 e. The molecular weight excluding hydrogens is 362 g/mol. The second kappa shape index (κ2) is 6.33. The van der Waals surface area contributed by atoms with E-state index in [0.29, 0.717) is 17.0 Å². The summed E-state index contributed by atoms with van der Waals surface area (Å²) in [5.74, 6) is 0.615. The Kier molecular flexibility index (Phi) is 4.21. The molecule has 0 atom stereocenters. The molecular formula is C18H25N7OS. The summed E-state index contributed by atoms with van der Waals surface area (Å²) in [7, 11) is 0. The number of rotatable bonds is 2. The number of hydrogen-bond donors (Lipinski definition) is 1. The van der Waals surface area contributed by atoms with Gasteiger partial charge in [-0.3, -0.25) is 9.78 Å². The molecule has 0 amide bonds. The SMILES string of the molecule is Cc1nc(N2CCN(c3nc4c(cnn4C(C)(C)C)c(=O)[nH]3)CC2)sc1C. The van der Waals surface area contributed by atoms with Crippen LogP contribution >= 0.6 is 11.3 Å². The van der Waals surface area contributed by atoms with Crippen molar-refractivity contribution in [3.8, 4) is 0 Å². The third-order valence-corrected chi connectivity index (χ3v) is 6.06. The van der Waals surface area contributed by atoms with Gasteiger partial charge in [-0.15, -0.1) is 11.3 Å². The molecule has 1 aliphatic heterocycles. The fourth-order valence-corrected chi connectivity index (χ4v) is 4.21. The fourth-order valence-electron chi connectivity index (χ4n) is 3.25. The van der Waals surface area contributed by atoms with Crippen molar-refractivity contribution in [1.29, 1.82) is 0 Å². The molecule has 4 heterocycles. The Morgan fingerprint density at radius 3 is 2.33 bits per heavy atom. The first kappa shape index (κ1) is 18.0. The molecule has 0 saturated carbocycles. The largest absolute Gasteiger partial charge is 0.345 e. The van der Waals surface area contributed by atoms with Gasteiger partial charge in [0.1, 0.15) is 5.39 Å². The highest BCUT2D eigenvalue weighted by molar-refractivity contribution is 7.15. The third kappa shape index (κ3) is 3.20. The number of piperazine rings is 1. The van der Waals surface area contributed by atoms with Gasteiger partial charge in [0.15, 0.2) is 10.8 Å². The zero-order chi connectivity index (χ0) is 19.3. The van der Waals surface area contributed by atoms with E-state index in [-0.39, 0.29) is 11.1 Å². The molecule has 0 radical (unpaired) electrons. The number of aromatic nitrogens is 5. The molecule has 9 heteroatoms. The maximum atomic E-state index is 12.5. The van der Waals surface area contributed by atoms with E-state index in [2.05, 4.69) is 52.6 Å². The summed E-state index contributed by atoms with van der Waals surface area (Å²) in [6, 6.07) is 0. The summed E-state index contributed by atoms with van der Waals surface area (Å²) in [6.07, 6.45) is 1.60. The number of aromatic amines is 1. The lowest BCUT2D eigenvalue weighted by Gasteiger charge is -2.34. The molecule has 27 heavy (non-hydrogen) atoms. The first-order valence-electron chi connectivity index (χ1n) is 9.16. The molecule has 0 aromatic carbocycles. The first-order chi connectivity index (χ1) is 12.7. The molecule has 1 saturated heterocycles. The third-order valence-electron chi connectivity index (χ3n) is 4.93. The van der Waals surface area contributed by atoms with E-state index in [1.165, 1.54) is 4.88 Å². The van der Waals surface area contributed by atoms with E-state index in [0.717, 1.165) is 37.0 Å². The van der Waals surface area contributed by atoms with Crippen molar-refractivity contribution in [2.45, 2.75) is 40.2 Å². The normalized spacial score (nSPS) is 15.7. The van der Waals surface area contributed by atoms with Crippen LogP contribution in [0.5, 0.6) is 0 Å². The first-order valence-corrected chi connectivity index (χ1v) is 9.98. The van der Waals surface area contributed by atoms with E-state index < -0.39 is 0 Å². The number of aryl methyl sites for hydroxylation is 2. The van der Waals surface area contributed by atoms with Gasteiger partial charge >= 0.3 is 0 Å². The Morgan fingerprint density at radius 1 is 1.07 bits per heavy atom. The molecule has 1 aliphatic rings. The quantitative estimate of drug-likeness (QED) is 0.726. The van der Waals surface area contributed by atoms with E-state index in [9.17, 15) is 4.79 Å². The lowest BCUT2D eigenvalue weighted by atomic mass is 10.1. The van der Waals surface area contributed by atoms with E-state index in [4.69, 9.17) is 4.98 Å². The van der Waals surface area contributed by atoms with E-state index >= 15 is 0 Å². The maximum Gasteiger partial charge on any atom is 0.263 e. The predicted octanol–water partition coefficient (Wildman–Crippen LogP) is 2.27. The van der Waals surface area contributed by atoms with Crippen molar-refractivity contribution in [3.05, 3.63) is 27.1 Å². The number of nitrogens with one attached hydrogen (secondary N) is 1. The van der Waals surface area contributed by atoms with Crippen LogP contribution in [-0.2, 0) is 5.54 Å². The summed E-state index contributed by atoms with van der Waals surface area (Å²) < 4.78 is 1.82. The Labute approximate surface area is 161 Å². The van der Waals surface area contributed by atoms with Crippen LogP contribution < -0.4 is 15.4 Å². The Balaban J connectivity index is 1.59. The molecule has 0 aliphatic carbocycles. The summed E-state index contributed by atoms with van der Waals surface area (Å²) >= 11 is 1.74. The second-order valence-corrected chi connectivity index (χ2v) is 9.15.